The summed E-state index contributed by atoms with van der Waals surface area (Å²) in [5, 5.41) is 0. The van der Waals surface area contributed by atoms with Crippen molar-refractivity contribution in [3.05, 3.63) is 29.8 Å². The van der Waals surface area contributed by atoms with Gasteiger partial charge in [-0.05, 0) is 37.0 Å². The van der Waals surface area contributed by atoms with Crippen molar-refractivity contribution in [1.29, 1.82) is 0 Å². The van der Waals surface area contributed by atoms with E-state index in [1.807, 2.05) is 0 Å². The lowest BCUT2D eigenvalue weighted by atomic mass is 10.1. The molecule has 0 radical (unpaired) electrons. The zero-order valence-electron chi connectivity index (χ0n) is 11.8. The molecule has 0 amide bonds. The van der Waals surface area contributed by atoms with Crippen LogP contribution in [-0.4, -0.2) is 39.0 Å². The van der Waals surface area contributed by atoms with Crippen molar-refractivity contribution >= 4 is 15.7 Å². The quantitative estimate of drug-likeness (QED) is 0.838. The molecule has 2 N–H and O–H groups in total. The fraction of sp³-hybridized carbons (Fsp3) is 0.571. The van der Waals surface area contributed by atoms with Crippen LogP contribution in [0.4, 0.5) is 5.69 Å². The molecule has 1 aliphatic rings. The van der Waals surface area contributed by atoms with Gasteiger partial charge in [0.05, 0.1) is 11.9 Å². The summed E-state index contributed by atoms with van der Waals surface area (Å²) < 4.78 is 31.6. The van der Waals surface area contributed by atoms with Crippen LogP contribution in [0, 0.1) is 0 Å². The fourth-order valence-electron chi connectivity index (χ4n) is 2.36. The SMILES string of the molecule is CN(CC1CCCCO1)S(=O)(=O)Cc1cccc(N)c1. The average Bonchev–Trinajstić information content (AvgIpc) is 2.39. The lowest BCUT2D eigenvalue weighted by molar-refractivity contribution is 0.00857. The maximum atomic E-state index is 12.3. The van der Waals surface area contributed by atoms with Crippen LogP contribution in [0.5, 0.6) is 0 Å². The van der Waals surface area contributed by atoms with Crippen LogP contribution in [-0.2, 0) is 20.5 Å². The molecule has 112 valence electrons. The first kappa shape index (κ1) is 15.3. The number of nitrogens with zero attached hydrogens (tertiary/aromatic N) is 1. The third-order valence-electron chi connectivity index (χ3n) is 3.51. The Bertz CT molecular complexity index is 539. The minimum Gasteiger partial charge on any atom is -0.399 e. The van der Waals surface area contributed by atoms with Crippen LogP contribution >= 0.6 is 0 Å². The summed E-state index contributed by atoms with van der Waals surface area (Å²) >= 11 is 0. The molecule has 1 aromatic carbocycles. The Morgan fingerprint density at radius 3 is 2.85 bits per heavy atom. The van der Waals surface area contributed by atoms with Gasteiger partial charge in [0.25, 0.3) is 0 Å². The molecular formula is C14H22N2O3S. The van der Waals surface area contributed by atoms with Gasteiger partial charge in [0, 0.05) is 25.9 Å². The number of hydrogen-bond donors (Lipinski definition) is 1. The number of benzene rings is 1. The number of rotatable bonds is 5. The standard InChI is InChI=1S/C14H22N2O3S/c1-16(10-14-7-2-3-8-19-14)20(17,18)11-12-5-4-6-13(15)9-12/h4-6,9,14H,2-3,7-8,10-11,15H2,1H3. The molecule has 20 heavy (non-hydrogen) atoms. The molecule has 0 aliphatic carbocycles. The van der Waals surface area contributed by atoms with Crippen molar-refractivity contribution < 1.29 is 13.2 Å². The van der Waals surface area contributed by atoms with E-state index in [0.29, 0.717) is 17.8 Å². The molecule has 1 saturated heterocycles. The summed E-state index contributed by atoms with van der Waals surface area (Å²) in [6, 6.07) is 6.99. The van der Waals surface area contributed by atoms with Crippen LogP contribution < -0.4 is 5.73 Å². The van der Waals surface area contributed by atoms with Gasteiger partial charge in [0.15, 0.2) is 0 Å². The van der Waals surface area contributed by atoms with Crippen molar-refractivity contribution in [2.24, 2.45) is 0 Å². The van der Waals surface area contributed by atoms with Crippen LogP contribution in [0.2, 0.25) is 0 Å². The minimum atomic E-state index is -3.33. The van der Waals surface area contributed by atoms with E-state index in [0.717, 1.165) is 25.9 Å². The molecule has 6 heteroatoms. The van der Waals surface area contributed by atoms with Crippen molar-refractivity contribution in [3.8, 4) is 0 Å². The molecule has 1 fully saturated rings. The zero-order valence-corrected chi connectivity index (χ0v) is 12.6. The van der Waals surface area contributed by atoms with E-state index in [1.165, 1.54) is 4.31 Å². The highest BCUT2D eigenvalue weighted by Gasteiger charge is 2.23. The number of ether oxygens (including phenoxy) is 1. The number of hydrogen-bond acceptors (Lipinski definition) is 4. The average molecular weight is 298 g/mol. The molecule has 0 spiro atoms. The Kier molecular flexibility index (Phi) is 5.01. The molecule has 1 aliphatic heterocycles. The van der Waals surface area contributed by atoms with Crippen LogP contribution in [0.15, 0.2) is 24.3 Å². The first-order chi connectivity index (χ1) is 9.47. The van der Waals surface area contributed by atoms with Gasteiger partial charge in [-0.15, -0.1) is 0 Å². The van der Waals surface area contributed by atoms with E-state index in [4.69, 9.17) is 10.5 Å². The summed E-state index contributed by atoms with van der Waals surface area (Å²) in [4.78, 5) is 0. The summed E-state index contributed by atoms with van der Waals surface area (Å²) in [6.07, 6.45) is 3.12. The molecule has 5 nitrogen and oxygen atoms in total. The number of nitrogens with two attached hydrogens (primary N) is 1. The maximum absolute atomic E-state index is 12.3. The van der Waals surface area contributed by atoms with E-state index >= 15 is 0 Å². The van der Waals surface area contributed by atoms with Crippen molar-refractivity contribution in [3.63, 3.8) is 0 Å². The van der Waals surface area contributed by atoms with E-state index in [-0.39, 0.29) is 11.9 Å². The topological polar surface area (TPSA) is 72.6 Å². The molecule has 1 atom stereocenters. The highest BCUT2D eigenvalue weighted by atomic mass is 32.2. The Hall–Kier alpha value is -1.11. The number of likely N-dealkylation sites (N-methyl/N-ethyl adjacent to an activating group) is 1. The summed E-state index contributed by atoms with van der Waals surface area (Å²) in [6.45, 7) is 1.15. The van der Waals surface area contributed by atoms with E-state index in [9.17, 15) is 8.42 Å². The van der Waals surface area contributed by atoms with Gasteiger partial charge in [-0.1, -0.05) is 12.1 Å². The lowest BCUT2D eigenvalue weighted by Crippen LogP contribution is -2.37. The van der Waals surface area contributed by atoms with Crippen LogP contribution in [0.3, 0.4) is 0 Å². The predicted octanol–water partition coefficient (Wildman–Crippen LogP) is 1.60. The van der Waals surface area contributed by atoms with Crippen LogP contribution in [0.1, 0.15) is 24.8 Å². The van der Waals surface area contributed by atoms with Gasteiger partial charge >= 0.3 is 0 Å². The van der Waals surface area contributed by atoms with E-state index < -0.39 is 10.0 Å². The fourth-order valence-corrected chi connectivity index (χ4v) is 3.57. The normalized spacial score (nSPS) is 20.2. The monoisotopic (exact) mass is 298 g/mol. The highest BCUT2D eigenvalue weighted by Crippen LogP contribution is 2.17. The Labute approximate surface area is 120 Å². The Morgan fingerprint density at radius 2 is 2.20 bits per heavy atom. The number of sulfonamides is 1. The minimum absolute atomic E-state index is 0.0179. The van der Waals surface area contributed by atoms with Gasteiger partial charge in [0.1, 0.15) is 0 Å². The maximum Gasteiger partial charge on any atom is 0.218 e. The van der Waals surface area contributed by atoms with Gasteiger partial charge in [-0.3, -0.25) is 0 Å². The number of anilines is 1. The third kappa shape index (κ3) is 4.19. The molecule has 1 aromatic rings. The smallest absolute Gasteiger partial charge is 0.218 e. The second kappa shape index (κ2) is 6.56. The number of nitrogen functional groups attached to an aromatic ring is 1. The second-order valence-electron chi connectivity index (χ2n) is 5.27. The predicted molar refractivity (Wildman–Crippen MR) is 79.7 cm³/mol. The third-order valence-corrected chi connectivity index (χ3v) is 5.31. The zero-order chi connectivity index (χ0) is 14.6. The molecule has 1 unspecified atom stereocenters. The Morgan fingerprint density at radius 1 is 1.40 bits per heavy atom. The molecule has 0 aromatic heterocycles. The van der Waals surface area contributed by atoms with E-state index in [1.54, 1.807) is 31.3 Å². The van der Waals surface area contributed by atoms with Gasteiger partial charge in [-0.25, -0.2) is 12.7 Å². The Balaban J connectivity index is 1.98. The molecular weight excluding hydrogens is 276 g/mol. The lowest BCUT2D eigenvalue weighted by Gasteiger charge is -2.27. The largest absolute Gasteiger partial charge is 0.399 e. The first-order valence-corrected chi connectivity index (χ1v) is 8.48. The molecule has 0 bridgehead atoms. The molecule has 1 heterocycles. The molecule has 2 rings (SSSR count). The highest BCUT2D eigenvalue weighted by molar-refractivity contribution is 7.88. The molecule has 0 saturated carbocycles. The van der Waals surface area contributed by atoms with Crippen molar-refractivity contribution in [2.75, 3.05) is 25.9 Å². The van der Waals surface area contributed by atoms with E-state index in [2.05, 4.69) is 0 Å². The first-order valence-electron chi connectivity index (χ1n) is 6.87. The summed E-state index contributed by atoms with van der Waals surface area (Å²) in [5.41, 5.74) is 6.96. The van der Waals surface area contributed by atoms with Gasteiger partial charge in [0.2, 0.25) is 10.0 Å². The second-order valence-corrected chi connectivity index (χ2v) is 7.35. The summed E-state index contributed by atoms with van der Waals surface area (Å²) in [5.74, 6) is -0.0265. The summed E-state index contributed by atoms with van der Waals surface area (Å²) in [7, 11) is -1.72. The van der Waals surface area contributed by atoms with Crippen molar-refractivity contribution in [2.45, 2.75) is 31.1 Å². The van der Waals surface area contributed by atoms with Crippen LogP contribution in [0.25, 0.3) is 0 Å². The van der Waals surface area contributed by atoms with Crippen molar-refractivity contribution in [1.82, 2.24) is 4.31 Å². The van der Waals surface area contributed by atoms with Gasteiger partial charge < -0.3 is 10.5 Å². The van der Waals surface area contributed by atoms with Gasteiger partial charge in [-0.2, -0.15) is 0 Å².